The van der Waals surface area contributed by atoms with Gasteiger partial charge < -0.3 is 14.5 Å². The Labute approximate surface area is 199 Å². The Hall–Kier alpha value is -3.47. The number of halogens is 1. The van der Waals surface area contributed by atoms with Crippen LogP contribution in [0.15, 0.2) is 54.6 Å². The van der Waals surface area contributed by atoms with Gasteiger partial charge in [-0.05, 0) is 54.5 Å². The second-order valence-electron chi connectivity index (χ2n) is 8.86. The summed E-state index contributed by atoms with van der Waals surface area (Å²) in [6, 6.07) is 17.4. The number of hydrogen-bond acceptors (Lipinski definition) is 5. The first kappa shape index (κ1) is 23.7. The number of carbonyl (C=O) groups excluding carboxylic acids is 1. The number of ether oxygens (including phenoxy) is 1. The van der Waals surface area contributed by atoms with Crippen molar-refractivity contribution in [3.8, 4) is 11.8 Å². The second kappa shape index (κ2) is 10.2. The molecular formula is C27H29FN4O2. The van der Waals surface area contributed by atoms with Gasteiger partial charge in [-0.25, -0.2) is 4.39 Å². The number of carbonyl (C=O) groups is 1. The summed E-state index contributed by atoms with van der Waals surface area (Å²) < 4.78 is 19.2. The number of benzene rings is 3. The largest absolute Gasteiger partial charge is 0.495 e. The van der Waals surface area contributed by atoms with E-state index in [-0.39, 0.29) is 24.3 Å². The van der Waals surface area contributed by atoms with Gasteiger partial charge in [0.25, 0.3) is 0 Å². The zero-order chi connectivity index (χ0) is 24.2. The van der Waals surface area contributed by atoms with Crippen LogP contribution in [0.25, 0.3) is 10.8 Å². The van der Waals surface area contributed by atoms with E-state index in [4.69, 9.17) is 4.74 Å². The lowest BCUT2D eigenvalue weighted by Gasteiger charge is -2.28. The summed E-state index contributed by atoms with van der Waals surface area (Å²) >= 11 is 0. The molecule has 1 aliphatic rings. The van der Waals surface area contributed by atoms with Gasteiger partial charge in [0, 0.05) is 31.7 Å². The number of fused-ring (bicyclic) bond motifs is 1. The van der Waals surface area contributed by atoms with Gasteiger partial charge in [-0.1, -0.05) is 36.4 Å². The van der Waals surface area contributed by atoms with Crippen LogP contribution in [0.4, 0.5) is 4.39 Å². The average Bonchev–Trinajstić information content (AvgIpc) is 3.27. The highest BCUT2D eigenvalue weighted by Gasteiger charge is 2.30. The number of amides is 1. The van der Waals surface area contributed by atoms with Crippen molar-refractivity contribution in [1.82, 2.24) is 15.1 Å². The zero-order valence-corrected chi connectivity index (χ0v) is 19.7. The minimum Gasteiger partial charge on any atom is -0.495 e. The lowest BCUT2D eigenvalue weighted by atomic mass is 9.98. The summed E-state index contributed by atoms with van der Waals surface area (Å²) in [4.78, 5) is 17.6. The van der Waals surface area contributed by atoms with Crippen LogP contribution < -0.4 is 10.1 Å². The molecule has 3 aromatic carbocycles. The van der Waals surface area contributed by atoms with E-state index in [1.54, 1.807) is 30.1 Å². The predicted octanol–water partition coefficient (Wildman–Crippen LogP) is 3.85. The highest BCUT2D eigenvalue weighted by Crippen LogP contribution is 2.33. The maximum atomic E-state index is 13.7. The number of likely N-dealkylation sites (tertiary alicyclic amines) is 1. The molecule has 1 N–H and O–H groups in total. The Morgan fingerprint density at radius 3 is 2.68 bits per heavy atom. The maximum absolute atomic E-state index is 13.7. The topological polar surface area (TPSA) is 68.6 Å². The van der Waals surface area contributed by atoms with Crippen LogP contribution in [0.5, 0.6) is 5.75 Å². The van der Waals surface area contributed by atoms with Crippen molar-refractivity contribution in [2.45, 2.75) is 25.0 Å². The van der Waals surface area contributed by atoms with Crippen LogP contribution >= 0.6 is 0 Å². The van der Waals surface area contributed by atoms with E-state index in [0.29, 0.717) is 11.3 Å². The molecule has 2 unspecified atom stereocenters. The molecule has 0 spiro atoms. The first-order valence-electron chi connectivity index (χ1n) is 11.3. The number of likely N-dealkylation sites (N-methyl/N-ethyl adjacent to an activating group) is 2. The van der Waals surface area contributed by atoms with Crippen LogP contribution in [0.2, 0.25) is 0 Å². The first-order chi connectivity index (χ1) is 16.4. The monoisotopic (exact) mass is 460 g/mol. The van der Waals surface area contributed by atoms with E-state index >= 15 is 0 Å². The van der Waals surface area contributed by atoms with Crippen LogP contribution in [-0.4, -0.2) is 56.0 Å². The predicted molar refractivity (Wildman–Crippen MR) is 130 cm³/mol. The highest BCUT2D eigenvalue weighted by molar-refractivity contribution is 5.91. The van der Waals surface area contributed by atoms with E-state index in [1.165, 1.54) is 19.2 Å². The molecule has 0 saturated carbocycles. The molecule has 0 radical (unpaired) electrons. The van der Waals surface area contributed by atoms with E-state index < -0.39 is 6.04 Å². The van der Waals surface area contributed by atoms with E-state index in [2.05, 4.69) is 23.3 Å². The fraction of sp³-hybridized carbons (Fsp3) is 0.333. The Morgan fingerprint density at radius 2 is 2.03 bits per heavy atom. The molecule has 1 fully saturated rings. The minimum absolute atomic E-state index is 0.130. The summed E-state index contributed by atoms with van der Waals surface area (Å²) in [5, 5.41) is 15.0. The summed E-state index contributed by atoms with van der Waals surface area (Å²) in [7, 11) is 5.34. The molecule has 1 amide bonds. The normalized spacial score (nSPS) is 16.9. The second-order valence-corrected chi connectivity index (χ2v) is 8.86. The van der Waals surface area contributed by atoms with Crippen molar-refractivity contribution >= 4 is 16.7 Å². The van der Waals surface area contributed by atoms with Crippen molar-refractivity contribution in [3.05, 3.63) is 77.1 Å². The van der Waals surface area contributed by atoms with Crippen molar-refractivity contribution < 1.29 is 13.9 Å². The lowest BCUT2D eigenvalue weighted by Crippen LogP contribution is -2.43. The fourth-order valence-electron chi connectivity index (χ4n) is 4.68. The average molecular weight is 461 g/mol. The van der Waals surface area contributed by atoms with Crippen LogP contribution in [0.1, 0.15) is 29.2 Å². The van der Waals surface area contributed by atoms with Crippen molar-refractivity contribution in [2.24, 2.45) is 0 Å². The molecule has 0 aromatic heterocycles. The standard InChI is InChI=1S/C27H29FN4O2/c1-31-13-12-22(16-31)30-25(18-8-10-21(28)11-9-18)27(33)32(2)17-24-23-7-5-4-6-19(23)14-20(15-29)26(24)34-3/h4-11,14,22,25,30H,12-13,16-17H2,1-3H3. The Bertz CT molecular complexity index is 1220. The third-order valence-corrected chi connectivity index (χ3v) is 6.44. The number of nitrogens with zero attached hydrogens (tertiary/aromatic N) is 3. The zero-order valence-electron chi connectivity index (χ0n) is 19.7. The van der Waals surface area contributed by atoms with Gasteiger partial charge in [0.2, 0.25) is 5.91 Å². The van der Waals surface area contributed by atoms with Gasteiger partial charge in [-0.15, -0.1) is 0 Å². The molecule has 1 heterocycles. The third-order valence-electron chi connectivity index (χ3n) is 6.44. The molecule has 1 saturated heterocycles. The molecular weight excluding hydrogens is 431 g/mol. The summed E-state index contributed by atoms with van der Waals surface area (Å²) in [6.07, 6.45) is 0.938. The molecule has 34 heavy (non-hydrogen) atoms. The number of methoxy groups -OCH3 is 1. The Kier molecular flexibility index (Phi) is 7.11. The maximum Gasteiger partial charge on any atom is 0.244 e. The van der Waals surface area contributed by atoms with Gasteiger partial charge in [0.15, 0.2) is 0 Å². The lowest BCUT2D eigenvalue weighted by molar-refractivity contribution is -0.133. The molecule has 0 aliphatic carbocycles. The van der Waals surface area contributed by atoms with Gasteiger partial charge in [0.1, 0.15) is 23.7 Å². The molecule has 3 aromatic rings. The number of nitrogens with one attached hydrogen (secondary N) is 1. The van der Waals surface area contributed by atoms with Gasteiger partial charge >= 0.3 is 0 Å². The molecule has 6 nitrogen and oxygen atoms in total. The molecule has 4 rings (SSSR count). The fourth-order valence-corrected chi connectivity index (χ4v) is 4.68. The van der Waals surface area contributed by atoms with Gasteiger partial charge in [0.05, 0.1) is 12.7 Å². The van der Waals surface area contributed by atoms with Crippen LogP contribution in [0, 0.1) is 17.1 Å². The summed E-state index contributed by atoms with van der Waals surface area (Å²) in [5.41, 5.74) is 1.93. The molecule has 2 atom stereocenters. The Morgan fingerprint density at radius 1 is 1.29 bits per heavy atom. The van der Waals surface area contributed by atoms with Gasteiger partial charge in [-0.2, -0.15) is 5.26 Å². The quantitative estimate of drug-likeness (QED) is 0.580. The molecule has 7 heteroatoms. The van der Waals surface area contributed by atoms with E-state index in [0.717, 1.165) is 41.4 Å². The van der Waals surface area contributed by atoms with E-state index in [9.17, 15) is 14.4 Å². The van der Waals surface area contributed by atoms with Crippen LogP contribution in [0.3, 0.4) is 0 Å². The summed E-state index contributed by atoms with van der Waals surface area (Å²) in [5.74, 6) is 0.00708. The van der Waals surface area contributed by atoms with Crippen molar-refractivity contribution in [2.75, 3.05) is 34.3 Å². The van der Waals surface area contributed by atoms with Crippen molar-refractivity contribution in [1.29, 1.82) is 5.26 Å². The molecule has 176 valence electrons. The third kappa shape index (κ3) is 4.89. The van der Waals surface area contributed by atoms with Gasteiger partial charge in [-0.3, -0.25) is 10.1 Å². The first-order valence-corrected chi connectivity index (χ1v) is 11.3. The number of rotatable bonds is 7. The number of nitriles is 1. The summed E-state index contributed by atoms with van der Waals surface area (Å²) in [6.45, 7) is 2.07. The SMILES string of the molecule is COc1c(C#N)cc2ccccc2c1CN(C)C(=O)C(NC1CCN(C)C1)c1ccc(F)cc1. The highest BCUT2D eigenvalue weighted by atomic mass is 19.1. The van der Waals surface area contributed by atoms with Crippen molar-refractivity contribution in [3.63, 3.8) is 0 Å². The van der Waals surface area contributed by atoms with E-state index in [1.807, 2.05) is 24.3 Å². The smallest absolute Gasteiger partial charge is 0.244 e. The number of hydrogen-bond donors (Lipinski definition) is 1. The minimum atomic E-state index is -0.612. The molecule has 1 aliphatic heterocycles. The Balaban J connectivity index is 1.67. The molecule has 0 bridgehead atoms. The van der Waals surface area contributed by atoms with Crippen LogP contribution in [-0.2, 0) is 11.3 Å².